The molecular formula is C15H28N2O2S2. The zero-order chi connectivity index (χ0) is 16.0. The minimum absolute atomic E-state index is 0.350. The standard InChI is InChI=1S/C15H28N2O2S2/c1-11(2)14(12(3)4)10-17-21(18,19)15-7-6-13(20-15)8-9-16-5/h6-7,11-12,14,16-17H,8-10H2,1-5H3. The highest BCUT2D eigenvalue weighted by Crippen LogP contribution is 2.24. The Morgan fingerprint density at radius 3 is 2.29 bits per heavy atom. The van der Waals surface area contributed by atoms with Gasteiger partial charge in [-0.2, -0.15) is 0 Å². The third-order valence-corrected chi connectivity index (χ3v) is 6.81. The number of hydrogen-bond donors (Lipinski definition) is 2. The molecule has 1 rings (SSSR count). The van der Waals surface area contributed by atoms with Crippen LogP contribution in [-0.2, 0) is 16.4 Å². The molecule has 21 heavy (non-hydrogen) atoms. The SMILES string of the molecule is CNCCc1ccc(S(=O)(=O)NCC(C(C)C)C(C)C)s1. The van der Waals surface area contributed by atoms with Crippen LogP contribution in [0.15, 0.2) is 16.3 Å². The predicted octanol–water partition coefficient (Wildman–Crippen LogP) is 2.72. The van der Waals surface area contributed by atoms with Crippen LogP contribution in [0.5, 0.6) is 0 Å². The summed E-state index contributed by atoms with van der Waals surface area (Å²) >= 11 is 1.36. The van der Waals surface area contributed by atoms with Gasteiger partial charge in [-0.1, -0.05) is 27.7 Å². The molecule has 1 heterocycles. The summed E-state index contributed by atoms with van der Waals surface area (Å²) in [4.78, 5) is 1.09. The molecule has 2 N–H and O–H groups in total. The van der Waals surface area contributed by atoms with E-state index in [-0.39, 0.29) is 0 Å². The van der Waals surface area contributed by atoms with Gasteiger partial charge in [0.05, 0.1) is 0 Å². The molecule has 0 amide bonds. The fourth-order valence-corrected chi connectivity index (χ4v) is 4.88. The molecule has 0 aliphatic carbocycles. The van der Waals surface area contributed by atoms with E-state index >= 15 is 0 Å². The molecule has 1 aromatic rings. The molecule has 6 heteroatoms. The normalized spacial score (nSPS) is 12.8. The molecule has 0 bridgehead atoms. The van der Waals surface area contributed by atoms with E-state index < -0.39 is 10.0 Å². The maximum absolute atomic E-state index is 12.4. The van der Waals surface area contributed by atoms with Gasteiger partial charge in [-0.25, -0.2) is 13.1 Å². The van der Waals surface area contributed by atoms with Crippen molar-refractivity contribution in [1.82, 2.24) is 10.0 Å². The Bertz CT molecular complexity index is 514. The second kappa shape index (κ2) is 8.27. The van der Waals surface area contributed by atoms with Crippen LogP contribution in [0.4, 0.5) is 0 Å². The van der Waals surface area contributed by atoms with Crippen molar-refractivity contribution in [1.29, 1.82) is 0 Å². The van der Waals surface area contributed by atoms with Crippen LogP contribution in [0.1, 0.15) is 32.6 Å². The van der Waals surface area contributed by atoms with Crippen molar-refractivity contribution in [3.05, 3.63) is 17.0 Å². The summed E-state index contributed by atoms with van der Waals surface area (Å²) in [6.07, 6.45) is 0.858. The van der Waals surface area contributed by atoms with Gasteiger partial charge in [-0.3, -0.25) is 0 Å². The summed E-state index contributed by atoms with van der Waals surface area (Å²) in [6, 6.07) is 3.61. The third-order valence-electron chi connectivity index (χ3n) is 3.74. The van der Waals surface area contributed by atoms with Crippen molar-refractivity contribution >= 4 is 21.4 Å². The van der Waals surface area contributed by atoms with Crippen LogP contribution < -0.4 is 10.0 Å². The first-order chi connectivity index (χ1) is 9.77. The lowest BCUT2D eigenvalue weighted by Crippen LogP contribution is -2.33. The Kier molecular flexibility index (Phi) is 7.33. The average molecular weight is 333 g/mol. The Hall–Kier alpha value is -0.430. The molecule has 0 spiro atoms. The molecule has 0 saturated heterocycles. The summed E-state index contributed by atoms with van der Waals surface area (Å²) in [6.45, 7) is 9.91. The highest BCUT2D eigenvalue weighted by molar-refractivity contribution is 7.91. The molecule has 0 atom stereocenters. The third kappa shape index (κ3) is 5.70. The van der Waals surface area contributed by atoms with E-state index in [9.17, 15) is 8.42 Å². The van der Waals surface area contributed by atoms with Gasteiger partial charge in [0.25, 0.3) is 0 Å². The van der Waals surface area contributed by atoms with E-state index in [4.69, 9.17) is 0 Å². The monoisotopic (exact) mass is 332 g/mol. The van der Waals surface area contributed by atoms with Crippen molar-refractivity contribution < 1.29 is 8.42 Å². The smallest absolute Gasteiger partial charge is 0.250 e. The van der Waals surface area contributed by atoms with Crippen LogP contribution in [0.3, 0.4) is 0 Å². The minimum atomic E-state index is -3.38. The predicted molar refractivity (Wildman–Crippen MR) is 90.3 cm³/mol. The fraction of sp³-hybridized carbons (Fsp3) is 0.733. The van der Waals surface area contributed by atoms with E-state index in [1.807, 2.05) is 13.1 Å². The molecular weight excluding hydrogens is 304 g/mol. The lowest BCUT2D eigenvalue weighted by molar-refractivity contribution is 0.289. The molecule has 0 radical (unpaired) electrons. The lowest BCUT2D eigenvalue weighted by atomic mass is 9.86. The molecule has 0 saturated carbocycles. The Morgan fingerprint density at radius 2 is 1.76 bits per heavy atom. The second-order valence-corrected chi connectivity index (χ2v) is 9.24. The largest absolute Gasteiger partial charge is 0.319 e. The van der Waals surface area contributed by atoms with Gasteiger partial charge in [0, 0.05) is 11.4 Å². The summed E-state index contributed by atoms with van der Waals surface area (Å²) in [5, 5.41) is 3.07. The Morgan fingerprint density at radius 1 is 1.14 bits per heavy atom. The van der Waals surface area contributed by atoms with E-state index in [1.54, 1.807) is 6.07 Å². The van der Waals surface area contributed by atoms with Crippen molar-refractivity contribution in [3.8, 4) is 0 Å². The maximum Gasteiger partial charge on any atom is 0.250 e. The Balaban J connectivity index is 2.70. The molecule has 1 aromatic heterocycles. The van der Waals surface area contributed by atoms with Crippen molar-refractivity contribution in [2.45, 2.75) is 38.3 Å². The van der Waals surface area contributed by atoms with Gasteiger partial charge in [0.1, 0.15) is 4.21 Å². The van der Waals surface area contributed by atoms with Crippen LogP contribution >= 0.6 is 11.3 Å². The van der Waals surface area contributed by atoms with E-state index in [1.165, 1.54) is 11.3 Å². The van der Waals surface area contributed by atoms with Gasteiger partial charge >= 0.3 is 0 Å². The number of likely N-dealkylation sites (N-methyl/N-ethyl adjacent to an activating group) is 1. The number of rotatable bonds is 9. The lowest BCUT2D eigenvalue weighted by Gasteiger charge is -2.24. The molecule has 0 unspecified atom stereocenters. The number of thiophene rings is 1. The highest BCUT2D eigenvalue weighted by Gasteiger charge is 2.22. The first-order valence-corrected chi connectivity index (χ1v) is 9.81. The zero-order valence-electron chi connectivity index (χ0n) is 13.6. The van der Waals surface area contributed by atoms with Gasteiger partial charge in [0.2, 0.25) is 10.0 Å². The van der Waals surface area contributed by atoms with Gasteiger partial charge in [0.15, 0.2) is 0 Å². The average Bonchev–Trinajstić information content (AvgIpc) is 2.85. The van der Waals surface area contributed by atoms with Crippen molar-refractivity contribution in [2.75, 3.05) is 20.1 Å². The van der Waals surface area contributed by atoms with Crippen LogP contribution in [-0.4, -0.2) is 28.6 Å². The minimum Gasteiger partial charge on any atom is -0.319 e. The van der Waals surface area contributed by atoms with Crippen LogP contribution in [0, 0.1) is 17.8 Å². The summed E-state index contributed by atoms with van der Waals surface area (Å²) < 4.78 is 27.9. The van der Waals surface area contributed by atoms with Gasteiger partial charge in [-0.05, 0) is 49.9 Å². The molecule has 0 fully saturated rings. The van der Waals surface area contributed by atoms with Gasteiger partial charge in [-0.15, -0.1) is 11.3 Å². The number of sulfonamides is 1. The molecule has 0 aliphatic heterocycles. The Labute approximate surface area is 133 Å². The fourth-order valence-electron chi connectivity index (χ4n) is 2.40. The maximum atomic E-state index is 12.4. The summed E-state index contributed by atoms with van der Waals surface area (Å²) in [7, 11) is -1.48. The quantitative estimate of drug-likeness (QED) is 0.731. The topological polar surface area (TPSA) is 58.2 Å². The zero-order valence-corrected chi connectivity index (χ0v) is 15.3. The first-order valence-electron chi connectivity index (χ1n) is 7.51. The van der Waals surface area contributed by atoms with Crippen molar-refractivity contribution in [3.63, 3.8) is 0 Å². The van der Waals surface area contributed by atoms with E-state index in [2.05, 4.69) is 37.7 Å². The molecule has 122 valence electrons. The number of nitrogens with one attached hydrogen (secondary N) is 2. The molecule has 0 aromatic carbocycles. The van der Waals surface area contributed by atoms with E-state index in [0.717, 1.165) is 17.8 Å². The number of hydrogen-bond acceptors (Lipinski definition) is 4. The van der Waals surface area contributed by atoms with Gasteiger partial charge < -0.3 is 5.32 Å². The highest BCUT2D eigenvalue weighted by atomic mass is 32.2. The van der Waals surface area contributed by atoms with Crippen LogP contribution in [0.25, 0.3) is 0 Å². The summed E-state index contributed by atoms with van der Waals surface area (Å²) in [5.41, 5.74) is 0. The van der Waals surface area contributed by atoms with Crippen LogP contribution in [0.2, 0.25) is 0 Å². The molecule has 0 aliphatic rings. The first kappa shape index (κ1) is 18.6. The van der Waals surface area contributed by atoms with Crippen molar-refractivity contribution in [2.24, 2.45) is 17.8 Å². The van der Waals surface area contributed by atoms with E-state index in [0.29, 0.717) is 28.5 Å². The summed E-state index contributed by atoms with van der Waals surface area (Å²) in [5.74, 6) is 1.27. The molecule has 4 nitrogen and oxygen atoms in total. The second-order valence-electron chi connectivity index (χ2n) is 6.08.